The lowest BCUT2D eigenvalue weighted by Crippen LogP contribution is -2.50. The molecule has 1 aromatic heterocycles. The van der Waals surface area contributed by atoms with E-state index in [9.17, 15) is 9.59 Å². The monoisotopic (exact) mass is 561 g/mol. The molecule has 0 fully saturated rings. The van der Waals surface area contributed by atoms with E-state index in [0.717, 1.165) is 27.7 Å². The maximum atomic E-state index is 14.5. The van der Waals surface area contributed by atoms with Crippen molar-refractivity contribution in [3.63, 3.8) is 0 Å². The van der Waals surface area contributed by atoms with Gasteiger partial charge in [0.25, 0.3) is 5.91 Å². The van der Waals surface area contributed by atoms with Gasteiger partial charge in [-0.1, -0.05) is 66.2 Å². The SMILES string of the molecule is O=C1c2ccccc2[C@H]([C@@H]2NC[C@H](c3ccccc3Cl)c3c2[nH]c2ccccc32)C(=O)N1c1ccc2c(c1)OCO2. The Bertz CT molecular complexity index is 1880. The second-order valence-corrected chi connectivity index (χ2v) is 10.9. The molecule has 202 valence electrons. The Hall–Kier alpha value is -4.59. The molecule has 8 rings (SSSR count). The first kappa shape index (κ1) is 24.2. The Balaban J connectivity index is 1.30. The van der Waals surface area contributed by atoms with Gasteiger partial charge in [0.05, 0.1) is 17.6 Å². The Morgan fingerprint density at radius 3 is 2.46 bits per heavy atom. The van der Waals surface area contributed by atoms with Gasteiger partial charge in [-0.3, -0.25) is 9.59 Å². The van der Waals surface area contributed by atoms with E-state index in [1.54, 1.807) is 24.3 Å². The molecule has 0 aliphatic carbocycles. The summed E-state index contributed by atoms with van der Waals surface area (Å²) in [5, 5.41) is 5.49. The molecule has 7 nitrogen and oxygen atoms in total. The van der Waals surface area contributed by atoms with Gasteiger partial charge in [0, 0.05) is 45.7 Å². The second-order valence-electron chi connectivity index (χ2n) is 10.5. The first-order chi connectivity index (χ1) is 20.1. The quantitative estimate of drug-likeness (QED) is 0.253. The fourth-order valence-corrected chi connectivity index (χ4v) is 6.88. The van der Waals surface area contributed by atoms with Gasteiger partial charge in [0.15, 0.2) is 11.5 Å². The molecule has 0 bridgehead atoms. The minimum absolute atomic E-state index is 0.0216. The summed E-state index contributed by atoms with van der Waals surface area (Å²) in [6, 6.07) is 28.2. The lowest BCUT2D eigenvalue weighted by Gasteiger charge is -2.40. The molecule has 0 saturated heterocycles. The minimum Gasteiger partial charge on any atom is -0.454 e. The van der Waals surface area contributed by atoms with Crippen LogP contribution in [0.25, 0.3) is 10.9 Å². The summed E-state index contributed by atoms with van der Waals surface area (Å²) in [4.78, 5) is 33.2. The van der Waals surface area contributed by atoms with Gasteiger partial charge in [-0.25, -0.2) is 4.90 Å². The highest BCUT2D eigenvalue weighted by Gasteiger charge is 2.47. The van der Waals surface area contributed by atoms with Crippen molar-refractivity contribution >= 4 is 40.0 Å². The maximum Gasteiger partial charge on any atom is 0.265 e. The fraction of sp³-hybridized carbons (Fsp3) is 0.152. The van der Waals surface area contributed by atoms with Crippen molar-refractivity contribution in [2.24, 2.45) is 0 Å². The van der Waals surface area contributed by atoms with Gasteiger partial charge in [0.1, 0.15) is 0 Å². The first-order valence-corrected chi connectivity index (χ1v) is 13.9. The first-order valence-electron chi connectivity index (χ1n) is 13.6. The highest BCUT2D eigenvalue weighted by atomic mass is 35.5. The number of ether oxygens (including phenoxy) is 2. The summed E-state index contributed by atoms with van der Waals surface area (Å²) < 4.78 is 11.0. The number of halogens is 1. The Kier molecular flexibility index (Phi) is 5.45. The maximum absolute atomic E-state index is 14.5. The predicted molar refractivity (Wildman–Crippen MR) is 156 cm³/mol. The van der Waals surface area contributed by atoms with Crippen molar-refractivity contribution < 1.29 is 19.1 Å². The van der Waals surface area contributed by atoms with Crippen LogP contribution in [0.3, 0.4) is 0 Å². The smallest absolute Gasteiger partial charge is 0.265 e. The van der Waals surface area contributed by atoms with Crippen LogP contribution in [0.2, 0.25) is 5.02 Å². The lowest BCUT2D eigenvalue weighted by molar-refractivity contribution is -0.120. The van der Waals surface area contributed by atoms with Crippen LogP contribution in [0.15, 0.2) is 91.0 Å². The highest BCUT2D eigenvalue weighted by Crippen LogP contribution is 2.48. The molecular formula is C33H24ClN3O4. The van der Waals surface area contributed by atoms with Crippen LogP contribution in [0.4, 0.5) is 5.69 Å². The molecule has 3 aliphatic heterocycles. The molecule has 2 N–H and O–H groups in total. The van der Waals surface area contributed by atoms with Crippen LogP contribution < -0.4 is 19.7 Å². The molecule has 5 aromatic rings. The number of hydrogen-bond donors (Lipinski definition) is 2. The van der Waals surface area contributed by atoms with Crippen molar-refractivity contribution in [1.82, 2.24) is 10.3 Å². The molecule has 4 heterocycles. The third-order valence-corrected chi connectivity index (χ3v) is 8.77. The van der Waals surface area contributed by atoms with Crippen molar-refractivity contribution in [3.05, 3.63) is 124 Å². The number of carbonyl (C=O) groups excluding carboxylic acids is 2. The summed E-state index contributed by atoms with van der Waals surface area (Å²) in [5.74, 6) is -0.243. The molecule has 2 amide bonds. The number of hydrogen-bond acceptors (Lipinski definition) is 5. The molecule has 0 radical (unpaired) electrons. The lowest BCUT2D eigenvalue weighted by atomic mass is 9.76. The second kappa shape index (κ2) is 9.23. The van der Waals surface area contributed by atoms with Gasteiger partial charge < -0.3 is 19.8 Å². The number of aromatic amines is 1. The van der Waals surface area contributed by atoms with Crippen LogP contribution in [-0.2, 0) is 4.79 Å². The van der Waals surface area contributed by atoms with E-state index in [1.165, 1.54) is 4.90 Å². The molecular weight excluding hydrogens is 538 g/mol. The van der Waals surface area contributed by atoms with Crippen LogP contribution in [0, 0.1) is 0 Å². The standard InChI is InChI=1S/C33H24ClN3O4/c34-24-11-5-3-7-19(24)23-16-35-30(31-28(23)22-10-4-6-12-25(22)36-31)29-20-8-1-2-9-21(20)32(38)37(33(29)39)18-13-14-26-27(15-18)41-17-40-26/h1-15,23,29-30,35-36H,16-17H2/t23-,29-,30+/m1/s1. The van der Waals surface area contributed by atoms with E-state index in [2.05, 4.69) is 22.4 Å². The number of amides is 2. The summed E-state index contributed by atoms with van der Waals surface area (Å²) in [6.45, 7) is 0.682. The zero-order valence-electron chi connectivity index (χ0n) is 21.8. The van der Waals surface area contributed by atoms with Gasteiger partial charge in [-0.2, -0.15) is 0 Å². The molecule has 0 spiro atoms. The van der Waals surface area contributed by atoms with E-state index >= 15 is 0 Å². The Morgan fingerprint density at radius 2 is 1.59 bits per heavy atom. The van der Waals surface area contributed by atoms with E-state index in [1.807, 2.05) is 54.6 Å². The Morgan fingerprint density at radius 1 is 0.829 bits per heavy atom. The number of H-pyrrole nitrogens is 1. The van der Waals surface area contributed by atoms with Gasteiger partial charge in [-0.05, 0) is 47.0 Å². The number of imide groups is 1. The normalized spacial score (nSPS) is 21.2. The number of fused-ring (bicyclic) bond motifs is 5. The van der Waals surface area contributed by atoms with Gasteiger partial charge in [-0.15, -0.1) is 0 Å². The van der Waals surface area contributed by atoms with Crippen molar-refractivity contribution in [1.29, 1.82) is 0 Å². The molecule has 0 saturated carbocycles. The van der Waals surface area contributed by atoms with Crippen molar-refractivity contribution in [2.45, 2.75) is 17.9 Å². The van der Waals surface area contributed by atoms with Gasteiger partial charge in [0.2, 0.25) is 12.7 Å². The van der Waals surface area contributed by atoms with Crippen LogP contribution in [0.1, 0.15) is 50.6 Å². The third-order valence-electron chi connectivity index (χ3n) is 8.42. The molecule has 3 aliphatic rings. The zero-order chi connectivity index (χ0) is 27.7. The molecule has 3 atom stereocenters. The van der Waals surface area contributed by atoms with E-state index in [-0.39, 0.29) is 24.5 Å². The number of aromatic nitrogens is 1. The number of anilines is 1. The predicted octanol–water partition coefficient (Wildman–Crippen LogP) is 6.30. The average Bonchev–Trinajstić information content (AvgIpc) is 3.63. The molecule has 4 aromatic carbocycles. The number of benzene rings is 4. The van der Waals surface area contributed by atoms with E-state index in [4.69, 9.17) is 21.1 Å². The molecule has 8 heteroatoms. The third kappa shape index (κ3) is 3.63. The summed E-state index contributed by atoms with van der Waals surface area (Å²) in [6.07, 6.45) is 0. The summed E-state index contributed by atoms with van der Waals surface area (Å²) in [7, 11) is 0. The number of carbonyl (C=O) groups is 2. The average molecular weight is 562 g/mol. The number of nitrogens with one attached hydrogen (secondary N) is 2. The van der Waals surface area contributed by atoms with Crippen LogP contribution in [-0.4, -0.2) is 30.1 Å². The van der Waals surface area contributed by atoms with Crippen LogP contribution >= 0.6 is 11.6 Å². The van der Waals surface area contributed by atoms with Crippen molar-refractivity contribution in [2.75, 3.05) is 18.2 Å². The number of rotatable bonds is 3. The largest absolute Gasteiger partial charge is 0.454 e. The number of para-hydroxylation sites is 1. The van der Waals surface area contributed by atoms with Crippen molar-refractivity contribution in [3.8, 4) is 11.5 Å². The molecule has 0 unspecified atom stereocenters. The highest BCUT2D eigenvalue weighted by molar-refractivity contribution is 6.31. The molecule has 41 heavy (non-hydrogen) atoms. The van der Waals surface area contributed by atoms with Gasteiger partial charge >= 0.3 is 0 Å². The fourth-order valence-electron chi connectivity index (χ4n) is 6.61. The topological polar surface area (TPSA) is 83.7 Å². The van der Waals surface area contributed by atoms with E-state index in [0.29, 0.717) is 39.9 Å². The van der Waals surface area contributed by atoms with E-state index < -0.39 is 12.0 Å². The summed E-state index contributed by atoms with van der Waals surface area (Å²) in [5.41, 5.74) is 5.72. The van der Waals surface area contributed by atoms with Crippen LogP contribution in [0.5, 0.6) is 11.5 Å². The minimum atomic E-state index is -0.659. The number of nitrogens with zero attached hydrogens (tertiary/aromatic N) is 1. The summed E-state index contributed by atoms with van der Waals surface area (Å²) >= 11 is 6.71. The zero-order valence-corrected chi connectivity index (χ0v) is 22.5. The Labute approximate surface area is 240 Å².